The number of nitrogen functional groups attached to an aromatic ring is 2. The summed E-state index contributed by atoms with van der Waals surface area (Å²) in [5.74, 6) is 0.322. The standard InChI is InChI=1S/C6H5N6/c7-4-3-5(10-2-1-9-3)12-6(8)11-4/h2H,(H4,7,8,10,11,12). The first-order chi connectivity index (χ1) is 5.77. The number of hydrogen-bond donors (Lipinski definition) is 2. The Hall–Kier alpha value is -1.98. The molecule has 0 aliphatic rings. The van der Waals surface area contributed by atoms with Crippen molar-refractivity contribution >= 4 is 22.9 Å². The van der Waals surface area contributed by atoms with Gasteiger partial charge in [0.15, 0.2) is 17.0 Å². The predicted molar refractivity (Wildman–Crippen MR) is 42.8 cm³/mol. The number of rotatable bonds is 0. The Kier molecular flexibility index (Phi) is 1.26. The van der Waals surface area contributed by atoms with Gasteiger partial charge >= 0.3 is 0 Å². The van der Waals surface area contributed by atoms with Crippen molar-refractivity contribution in [3.05, 3.63) is 12.4 Å². The molecule has 2 aromatic heterocycles. The SMILES string of the molecule is Nc1nc(N)c2n[c]cnc2n1. The molecule has 4 N–H and O–H groups in total. The van der Waals surface area contributed by atoms with Crippen molar-refractivity contribution in [1.82, 2.24) is 19.9 Å². The Balaban J connectivity index is 2.89. The molecule has 0 bridgehead atoms. The number of hydrogen-bond acceptors (Lipinski definition) is 6. The third-order valence-corrected chi connectivity index (χ3v) is 1.33. The van der Waals surface area contributed by atoms with Gasteiger partial charge in [0.1, 0.15) is 6.20 Å². The second-order valence-electron chi connectivity index (χ2n) is 2.14. The fourth-order valence-corrected chi connectivity index (χ4v) is 0.858. The van der Waals surface area contributed by atoms with Crippen LogP contribution >= 0.6 is 0 Å². The van der Waals surface area contributed by atoms with E-state index in [0.717, 1.165) is 0 Å². The molecule has 0 aliphatic heterocycles. The molecular formula is C6H5N6. The largest absolute Gasteiger partial charge is 0.382 e. The Labute approximate surface area is 67.7 Å². The summed E-state index contributed by atoms with van der Waals surface area (Å²) in [5, 5.41) is 0. The summed E-state index contributed by atoms with van der Waals surface area (Å²) in [6, 6.07) is 0. The average Bonchev–Trinajstić information content (AvgIpc) is 2.04. The van der Waals surface area contributed by atoms with Gasteiger partial charge in [-0.25, -0.2) is 9.97 Å². The highest BCUT2D eigenvalue weighted by Crippen LogP contribution is 2.11. The molecular weight excluding hydrogens is 156 g/mol. The molecule has 2 rings (SSSR count). The maximum Gasteiger partial charge on any atom is 0.224 e. The molecule has 0 aliphatic carbocycles. The van der Waals surface area contributed by atoms with E-state index in [1.54, 1.807) is 0 Å². The molecule has 2 heterocycles. The smallest absolute Gasteiger partial charge is 0.224 e. The third-order valence-electron chi connectivity index (χ3n) is 1.33. The first-order valence-electron chi connectivity index (χ1n) is 3.19. The molecule has 0 atom stereocenters. The quantitative estimate of drug-likeness (QED) is 0.533. The van der Waals surface area contributed by atoms with Crippen molar-refractivity contribution in [2.75, 3.05) is 11.5 Å². The van der Waals surface area contributed by atoms with Crippen LogP contribution in [0.2, 0.25) is 0 Å². The van der Waals surface area contributed by atoms with Gasteiger partial charge in [-0.15, -0.1) is 0 Å². The van der Waals surface area contributed by atoms with Gasteiger partial charge in [0.2, 0.25) is 5.95 Å². The molecule has 59 valence electrons. The van der Waals surface area contributed by atoms with Crippen molar-refractivity contribution in [2.45, 2.75) is 0 Å². The van der Waals surface area contributed by atoms with E-state index in [4.69, 9.17) is 11.5 Å². The molecule has 0 aromatic carbocycles. The van der Waals surface area contributed by atoms with Gasteiger partial charge in [-0.1, -0.05) is 0 Å². The summed E-state index contributed by atoms with van der Waals surface area (Å²) in [5.41, 5.74) is 11.7. The molecule has 0 unspecified atom stereocenters. The van der Waals surface area contributed by atoms with Gasteiger partial charge < -0.3 is 11.5 Å². The van der Waals surface area contributed by atoms with Crippen LogP contribution in [0.4, 0.5) is 11.8 Å². The minimum absolute atomic E-state index is 0.0977. The lowest BCUT2D eigenvalue weighted by Crippen LogP contribution is -2.02. The van der Waals surface area contributed by atoms with Gasteiger partial charge in [0.05, 0.1) is 6.20 Å². The minimum atomic E-state index is 0.0977. The van der Waals surface area contributed by atoms with Crippen LogP contribution in [0.5, 0.6) is 0 Å². The van der Waals surface area contributed by atoms with E-state index in [2.05, 4.69) is 26.1 Å². The van der Waals surface area contributed by atoms with E-state index in [-0.39, 0.29) is 11.8 Å². The zero-order valence-corrected chi connectivity index (χ0v) is 6.02. The van der Waals surface area contributed by atoms with Crippen molar-refractivity contribution in [2.24, 2.45) is 0 Å². The van der Waals surface area contributed by atoms with Crippen LogP contribution < -0.4 is 11.5 Å². The lowest BCUT2D eigenvalue weighted by Gasteiger charge is -1.98. The van der Waals surface area contributed by atoms with Crippen LogP contribution in [-0.4, -0.2) is 19.9 Å². The van der Waals surface area contributed by atoms with Crippen molar-refractivity contribution < 1.29 is 0 Å². The molecule has 2 aromatic rings. The van der Waals surface area contributed by atoms with E-state index >= 15 is 0 Å². The maximum atomic E-state index is 5.50. The molecule has 0 spiro atoms. The summed E-state index contributed by atoms with van der Waals surface area (Å²) in [6.07, 6.45) is 3.93. The summed E-state index contributed by atoms with van der Waals surface area (Å²) < 4.78 is 0. The lowest BCUT2D eigenvalue weighted by atomic mass is 10.5. The van der Waals surface area contributed by atoms with Gasteiger partial charge in [0.25, 0.3) is 0 Å². The van der Waals surface area contributed by atoms with Gasteiger partial charge in [-0.3, -0.25) is 0 Å². The van der Waals surface area contributed by atoms with Crippen molar-refractivity contribution in [1.29, 1.82) is 0 Å². The Morgan fingerprint density at radius 3 is 2.92 bits per heavy atom. The Morgan fingerprint density at radius 2 is 2.08 bits per heavy atom. The second kappa shape index (κ2) is 2.26. The second-order valence-corrected chi connectivity index (χ2v) is 2.14. The van der Waals surface area contributed by atoms with E-state index < -0.39 is 0 Å². The molecule has 0 saturated carbocycles. The van der Waals surface area contributed by atoms with Gasteiger partial charge in [0, 0.05) is 0 Å². The van der Waals surface area contributed by atoms with Crippen LogP contribution in [-0.2, 0) is 0 Å². The fourth-order valence-electron chi connectivity index (χ4n) is 0.858. The molecule has 0 fully saturated rings. The van der Waals surface area contributed by atoms with Crippen molar-refractivity contribution in [3.63, 3.8) is 0 Å². The molecule has 0 amide bonds. The van der Waals surface area contributed by atoms with E-state index in [1.165, 1.54) is 6.20 Å². The first-order valence-corrected chi connectivity index (χ1v) is 3.19. The number of fused-ring (bicyclic) bond motifs is 1. The highest BCUT2D eigenvalue weighted by molar-refractivity contribution is 5.81. The van der Waals surface area contributed by atoms with Crippen molar-refractivity contribution in [3.8, 4) is 0 Å². The average molecular weight is 161 g/mol. The summed E-state index contributed by atoms with van der Waals surface area (Å²) in [7, 11) is 0. The van der Waals surface area contributed by atoms with Crippen LogP contribution in [0, 0.1) is 6.20 Å². The summed E-state index contributed by atoms with van der Waals surface area (Å²) in [6.45, 7) is 0. The van der Waals surface area contributed by atoms with E-state index in [9.17, 15) is 0 Å². The molecule has 6 nitrogen and oxygen atoms in total. The monoisotopic (exact) mass is 161 g/mol. The molecule has 1 radical (unpaired) electrons. The third kappa shape index (κ3) is 0.895. The van der Waals surface area contributed by atoms with Crippen LogP contribution in [0.15, 0.2) is 6.20 Å². The lowest BCUT2D eigenvalue weighted by molar-refractivity contribution is 1.16. The topological polar surface area (TPSA) is 104 Å². The number of anilines is 2. The van der Waals surface area contributed by atoms with E-state index in [1.807, 2.05) is 0 Å². The highest BCUT2D eigenvalue weighted by Gasteiger charge is 2.03. The molecule has 6 heteroatoms. The van der Waals surface area contributed by atoms with E-state index in [0.29, 0.717) is 11.2 Å². The first kappa shape index (κ1) is 6.71. The maximum absolute atomic E-state index is 5.50. The number of nitrogens with two attached hydrogens (primary N) is 2. The summed E-state index contributed by atoms with van der Waals surface area (Å²) in [4.78, 5) is 15.3. The van der Waals surface area contributed by atoms with Crippen LogP contribution in [0.25, 0.3) is 11.2 Å². The Morgan fingerprint density at radius 1 is 1.25 bits per heavy atom. The Bertz CT molecular complexity index is 425. The van der Waals surface area contributed by atoms with Crippen LogP contribution in [0.3, 0.4) is 0 Å². The minimum Gasteiger partial charge on any atom is -0.382 e. The zero-order valence-electron chi connectivity index (χ0n) is 6.02. The normalized spacial score (nSPS) is 10.3. The van der Waals surface area contributed by atoms with Crippen LogP contribution in [0.1, 0.15) is 0 Å². The molecule has 12 heavy (non-hydrogen) atoms. The van der Waals surface area contributed by atoms with Gasteiger partial charge in [-0.05, 0) is 0 Å². The number of aromatic nitrogens is 4. The molecule has 0 saturated heterocycles. The number of nitrogens with zero attached hydrogens (tertiary/aromatic N) is 4. The summed E-state index contributed by atoms with van der Waals surface area (Å²) >= 11 is 0. The fraction of sp³-hybridized carbons (Fsp3) is 0. The predicted octanol–water partition coefficient (Wildman–Crippen LogP) is -0.616. The zero-order chi connectivity index (χ0) is 8.55. The van der Waals surface area contributed by atoms with Gasteiger partial charge in [-0.2, -0.15) is 9.97 Å². The highest BCUT2D eigenvalue weighted by atomic mass is 15.1.